The average molecular weight is 426 g/mol. The Morgan fingerprint density at radius 2 is 1.80 bits per heavy atom. The summed E-state index contributed by atoms with van der Waals surface area (Å²) in [4.78, 5) is 14.4. The monoisotopic (exact) mass is 426 g/mol. The van der Waals surface area contributed by atoms with E-state index in [-0.39, 0.29) is 17.1 Å². The van der Waals surface area contributed by atoms with Gasteiger partial charge in [0.2, 0.25) is 0 Å². The molecule has 1 atom stereocenters. The molecule has 0 spiro atoms. The van der Waals surface area contributed by atoms with E-state index in [1.807, 2.05) is 54.6 Å². The zero-order valence-corrected chi connectivity index (χ0v) is 16.9. The summed E-state index contributed by atoms with van der Waals surface area (Å²) in [5.74, 6) is -0.394. The fourth-order valence-electron chi connectivity index (χ4n) is 3.19. The molecule has 1 saturated heterocycles. The molecule has 3 aromatic rings. The molecule has 7 heteroatoms. The molecule has 0 unspecified atom stereocenters. The lowest BCUT2D eigenvalue weighted by Gasteiger charge is -2.24. The second-order valence-corrected chi connectivity index (χ2v) is 8.01. The lowest BCUT2D eigenvalue weighted by molar-refractivity contribution is 0.214. The Balaban J connectivity index is 1.40. The molecule has 3 aromatic carbocycles. The predicted octanol–water partition coefficient (Wildman–Crippen LogP) is 5.82. The molecule has 30 heavy (non-hydrogen) atoms. The number of thioether (sulfide) groups is 1. The topological polar surface area (TPSA) is 41.6 Å². The molecule has 1 fully saturated rings. The molecule has 0 saturated carbocycles. The van der Waals surface area contributed by atoms with E-state index in [1.165, 1.54) is 6.07 Å². The second kappa shape index (κ2) is 9.17. The SMILES string of the molecule is O=C(Nc1ccc(F)c(F)c1)N1CCS[C@@H]1c1ccc(OCc2ccccc2)cc1. The number of rotatable bonds is 5. The fraction of sp³-hybridized carbons (Fsp3) is 0.174. The summed E-state index contributed by atoms with van der Waals surface area (Å²) in [5.41, 5.74) is 2.29. The standard InChI is InChI=1S/C23H20F2N2O2S/c24-20-11-8-18(14-21(20)25)26-23(28)27-12-13-30-22(27)17-6-9-19(10-7-17)29-15-16-4-2-1-3-5-16/h1-11,14,22H,12-13,15H2,(H,26,28)/t22-/m1/s1. The number of hydrogen-bond donors (Lipinski definition) is 1. The molecular formula is C23H20F2N2O2S. The fourth-order valence-corrected chi connectivity index (χ4v) is 4.45. The van der Waals surface area contributed by atoms with Crippen molar-refractivity contribution in [3.05, 3.63) is 95.6 Å². The molecule has 4 nitrogen and oxygen atoms in total. The first-order valence-electron chi connectivity index (χ1n) is 9.51. The first-order valence-corrected chi connectivity index (χ1v) is 10.6. The van der Waals surface area contributed by atoms with Crippen LogP contribution in [0.25, 0.3) is 0 Å². The highest BCUT2D eigenvalue weighted by Crippen LogP contribution is 2.38. The number of amides is 2. The summed E-state index contributed by atoms with van der Waals surface area (Å²) >= 11 is 1.65. The Hall–Kier alpha value is -3.06. The number of halogens is 2. The Labute approximate surface area is 177 Å². The van der Waals surface area contributed by atoms with Gasteiger partial charge in [-0.25, -0.2) is 13.6 Å². The van der Waals surface area contributed by atoms with E-state index in [9.17, 15) is 13.6 Å². The van der Waals surface area contributed by atoms with E-state index >= 15 is 0 Å². The molecule has 0 aromatic heterocycles. The summed E-state index contributed by atoms with van der Waals surface area (Å²) < 4.78 is 32.3. The molecule has 2 amide bonds. The summed E-state index contributed by atoms with van der Waals surface area (Å²) in [6.07, 6.45) is 0. The highest BCUT2D eigenvalue weighted by atomic mass is 32.2. The number of carbonyl (C=O) groups is 1. The van der Waals surface area contributed by atoms with Gasteiger partial charge in [0.25, 0.3) is 0 Å². The van der Waals surface area contributed by atoms with Gasteiger partial charge >= 0.3 is 6.03 Å². The maximum Gasteiger partial charge on any atom is 0.323 e. The number of urea groups is 1. The highest BCUT2D eigenvalue weighted by Gasteiger charge is 2.30. The Bertz CT molecular complexity index is 1020. The van der Waals surface area contributed by atoms with Crippen molar-refractivity contribution in [3.8, 4) is 5.75 Å². The molecule has 1 aliphatic heterocycles. The first-order chi connectivity index (χ1) is 14.6. The summed E-state index contributed by atoms with van der Waals surface area (Å²) in [7, 11) is 0. The third kappa shape index (κ3) is 4.74. The van der Waals surface area contributed by atoms with Gasteiger partial charge in [-0.3, -0.25) is 0 Å². The van der Waals surface area contributed by atoms with Gasteiger partial charge in [-0.2, -0.15) is 0 Å². The van der Waals surface area contributed by atoms with Gasteiger partial charge in [0, 0.05) is 24.1 Å². The van der Waals surface area contributed by atoms with Crippen molar-refractivity contribution in [2.75, 3.05) is 17.6 Å². The van der Waals surface area contributed by atoms with E-state index in [0.29, 0.717) is 13.2 Å². The molecule has 154 valence electrons. The van der Waals surface area contributed by atoms with E-state index < -0.39 is 11.6 Å². The van der Waals surface area contributed by atoms with Gasteiger partial charge in [0.15, 0.2) is 11.6 Å². The van der Waals surface area contributed by atoms with Crippen molar-refractivity contribution in [2.45, 2.75) is 12.0 Å². The Kier molecular flexibility index (Phi) is 6.18. The van der Waals surface area contributed by atoms with E-state index in [1.54, 1.807) is 16.7 Å². The highest BCUT2D eigenvalue weighted by molar-refractivity contribution is 7.99. The van der Waals surface area contributed by atoms with Crippen molar-refractivity contribution in [1.29, 1.82) is 0 Å². The molecule has 4 rings (SSSR count). The molecule has 0 aliphatic carbocycles. The third-order valence-corrected chi connectivity index (χ3v) is 6.00. The van der Waals surface area contributed by atoms with Crippen LogP contribution in [0.4, 0.5) is 19.3 Å². The maximum atomic E-state index is 13.4. The quantitative estimate of drug-likeness (QED) is 0.559. The summed E-state index contributed by atoms with van der Waals surface area (Å²) in [6.45, 7) is 1.05. The van der Waals surface area contributed by atoms with E-state index in [4.69, 9.17) is 4.74 Å². The number of hydrogen-bond acceptors (Lipinski definition) is 3. The van der Waals surface area contributed by atoms with Crippen LogP contribution in [0, 0.1) is 11.6 Å². The minimum Gasteiger partial charge on any atom is -0.489 e. The van der Waals surface area contributed by atoms with Gasteiger partial charge in [-0.1, -0.05) is 42.5 Å². The number of carbonyl (C=O) groups excluding carboxylic acids is 1. The van der Waals surface area contributed by atoms with Gasteiger partial charge in [-0.05, 0) is 35.4 Å². The Morgan fingerprint density at radius 1 is 1.03 bits per heavy atom. The summed E-state index contributed by atoms with van der Waals surface area (Å²) in [5, 5.41) is 2.49. The summed E-state index contributed by atoms with van der Waals surface area (Å²) in [6, 6.07) is 20.6. The molecule has 1 aliphatic rings. The van der Waals surface area contributed by atoms with Gasteiger partial charge in [0.05, 0.1) is 0 Å². The molecule has 1 heterocycles. The number of ether oxygens (including phenoxy) is 1. The van der Waals surface area contributed by atoms with Crippen molar-refractivity contribution in [3.63, 3.8) is 0 Å². The minimum absolute atomic E-state index is 0.154. The van der Waals surface area contributed by atoms with Crippen LogP contribution in [0.2, 0.25) is 0 Å². The van der Waals surface area contributed by atoms with Crippen LogP contribution in [0.3, 0.4) is 0 Å². The first kappa shape index (κ1) is 20.2. The smallest absolute Gasteiger partial charge is 0.323 e. The van der Waals surface area contributed by atoms with Crippen molar-refractivity contribution >= 4 is 23.5 Å². The van der Waals surface area contributed by atoms with Crippen molar-refractivity contribution < 1.29 is 18.3 Å². The lowest BCUT2D eigenvalue weighted by atomic mass is 10.2. The van der Waals surface area contributed by atoms with E-state index in [0.717, 1.165) is 34.8 Å². The van der Waals surface area contributed by atoms with Crippen LogP contribution in [-0.2, 0) is 6.61 Å². The van der Waals surface area contributed by atoms with Crippen molar-refractivity contribution in [1.82, 2.24) is 4.90 Å². The van der Waals surface area contributed by atoms with Crippen LogP contribution in [-0.4, -0.2) is 23.2 Å². The van der Waals surface area contributed by atoms with Gasteiger partial charge in [-0.15, -0.1) is 11.8 Å². The molecule has 0 bridgehead atoms. The predicted molar refractivity (Wildman–Crippen MR) is 114 cm³/mol. The number of benzene rings is 3. The average Bonchev–Trinajstić information content (AvgIpc) is 3.26. The number of nitrogens with one attached hydrogen (secondary N) is 1. The van der Waals surface area contributed by atoms with Crippen LogP contribution in [0.1, 0.15) is 16.5 Å². The van der Waals surface area contributed by atoms with E-state index in [2.05, 4.69) is 5.32 Å². The number of nitrogens with zero attached hydrogens (tertiary/aromatic N) is 1. The minimum atomic E-state index is -0.994. The second-order valence-electron chi connectivity index (χ2n) is 6.82. The van der Waals surface area contributed by atoms with Gasteiger partial charge < -0.3 is 15.0 Å². The Morgan fingerprint density at radius 3 is 2.53 bits per heavy atom. The molecular weight excluding hydrogens is 406 g/mol. The van der Waals surface area contributed by atoms with Crippen molar-refractivity contribution in [2.24, 2.45) is 0 Å². The third-order valence-electron chi connectivity index (χ3n) is 4.74. The molecule has 1 N–H and O–H groups in total. The van der Waals surface area contributed by atoms with Crippen LogP contribution < -0.4 is 10.1 Å². The largest absolute Gasteiger partial charge is 0.489 e. The van der Waals surface area contributed by atoms with Gasteiger partial charge in [0.1, 0.15) is 17.7 Å². The van der Waals surface area contributed by atoms with Crippen LogP contribution in [0.5, 0.6) is 5.75 Å². The zero-order valence-electron chi connectivity index (χ0n) is 16.1. The normalized spacial score (nSPS) is 15.8. The number of anilines is 1. The van der Waals surface area contributed by atoms with Crippen LogP contribution in [0.15, 0.2) is 72.8 Å². The maximum absolute atomic E-state index is 13.4. The zero-order chi connectivity index (χ0) is 20.9. The molecule has 0 radical (unpaired) electrons. The lowest BCUT2D eigenvalue weighted by Crippen LogP contribution is -2.34. The van der Waals surface area contributed by atoms with Crippen LogP contribution >= 0.6 is 11.8 Å².